The number of unbranched alkanes of at least 4 members (excludes halogenated alkanes) is 2. The van der Waals surface area contributed by atoms with Crippen LogP contribution in [0.4, 0.5) is 0 Å². The Balaban J connectivity index is 1.68. The monoisotopic (exact) mass is 494 g/mol. The minimum atomic E-state index is -3.88. The van der Waals surface area contributed by atoms with Crippen molar-refractivity contribution >= 4 is 19.2 Å². The first-order valence-corrected chi connectivity index (χ1v) is 13.8. The zero-order valence-electron chi connectivity index (χ0n) is 19.8. The molecule has 0 spiro atoms. The zero-order chi connectivity index (χ0) is 24.6. The molecule has 0 saturated carbocycles. The van der Waals surface area contributed by atoms with Gasteiger partial charge in [-0.2, -0.15) is 0 Å². The van der Waals surface area contributed by atoms with Crippen molar-refractivity contribution in [3.05, 3.63) is 105 Å². The average molecular weight is 495 g/mol. The van der Waals surface area contributed by atoms with Crippen LogP contribution in [0.15, 0.2) is 66.7 Å². The quantitative estimate of drug-likeness (QED) is 0.187. The highest BCUT2D eigenvalue weighted by Crippen LogP contribution is 2.35. The van der Waals surface area contributed by atoms with Gasteiger partial charge in [0.2, 0.25) is 0 Å². The molecule has 3 nitrogen and oxygen atoms in total. The van der Waals surface area contributed by atoms with Crippen molar-refractivity contribution in [3.63, 3.8) is 0 Å². The molecule has 0 heterocycles. The molecule has 0 aliphatic heterocycles. The number of halogens is 1. The van der Waals surface area contributed by atoms with Crippen LogP contribution in [-0.4, -0.2) is 15.9 Å². The summed E-state index contributed by atoms with van der Waals surface area (Å²) in [5.74, 6) is 6.86. The summed E-state index contributed by atoms with van der Waals surface area (Å²) in [6, 6.07) is 22.8. The van der Waals surface area contributed by atoms with Crippen LogP contribution in [0.25, 0.3) is 0 Å². The maximum Gasteiger partial charge on any atom is 0.325 e. The van der Waals surface area contributed by atoms with Gasteiger partial charge in [-0.25, -0.2) is 0 Å². The molecule has 0 bridgehead atoms. The molecule has 34 heavy (non-hydrogen) atoms. The molecule has 3 aromatic rings. The predicted octanol–water partition coefficient (Wildman–Crippen LogP) is 7.23. The van der Waals surface area contributed by atoms with Gasteiger partial charge in [0, 0.05) is 22.7 Å². The molecule has 0 aliphatic carbocycles. The van der Waals surface area contributed by atoms with Crippen molar-refractivity contribution in [1.82, 2.24) is 0 Å². The number of aryl methyl sites for hydroxylation is 3. The van der Waals surface area contributed by atoms with Gasteiger partial charge < -0.3 is 9.79 Å². The maximum atomic E-state index is 10.9. The summed E-state index contributed by atoms with van der Waals surface area (Å²) in [4.78, 5) is 17.9. The molecular formula is C29H32ClO3P. The minimum Gasteiger partial charge on any atom is -0.324 e. The number of hydrogen-bond acceptors (Lipinski definition) is 1. The first kappa shape index (κ1) is 26.3. The predicted molar refractivity (Wildman–Crippen MR) is 142 cm³/mol. The Morgan fingerprint density at radius 2 is 1.62 bits per heavy atom. The van der Waals surface area contributed by atoms with Gasteiger partial charge in [0.1, 0.15) is 0 Å². The normalized spacial score (nSPS) is 12.1. The SMILES string of the molecule is Cc1ccc(CC(C#Cc2ccc(CCCCCP(=O)(O)O)cc2)c2cccc(Cl)c2)cc1C. The van der Waals surface area contributed by atoms with Crippen LogP contribution in [0, 0.1) is 25.7 Å². The Labute approximate surface area is 208 Å². The van der Waals surface area contributed by atoms with Crippen LogP contribution in [0.5, 0.6) is 0 Å². The third-order valence-electron chi connectivity index (χ3n) is 6.02. The molecular weight excluding hydrogens is 463 g/mol. The van der Waals surface area contributed by atoms with E-state index in [0.29, 0.717) is 6.42 Å². The molecule has 0 fully saturated rings. The Morgan fingerprint density at radius 3 is 2.29 bits per heavy atom. The second-order valence-electron chi connectivity index (χ2n) is 8.90. The van der Waals surface area contributed by atoms with Gasteiger partial charge >= 0.3 is 7.60 Å². The van der Waals surface area contributed by atoms with Crippen LogP contribution in [0.3, 0.4) is 0 Å². The average Bonchev–Trinajstić information content (AvgIpc) is 2.79. The lowest BCUT2D eigenvalue weighted by molar-refractivity contribution is 0.371. The minimum absolute atomic E-state index is 0.0303. The summed E-state index contributed by atoms with van der Waals surface area (Å²) in [6.45, 7) is 4.26. The number of rotatable bonds is 9. The summed E-state index contributed by atoms with van der Waals surface area (Å²) in [5, 5.41) is 0.717. The summed E-state index contributed by atoms with van der Waals surface area (Å²) >= 11 is 6.27. The summed E-state index contributed by atoms with van der Waals surface area (Å²) < 4.78 is 10.9. The molecule has 178 valence electrons. The van der Waals surface area contributed by atoms with E-state index >= 15 is 0 Å². The Kier molecular flexibility index (Phi) is 9.57. The van der Waals surface area contributed by atoms with E-state index in [-0.39, 0.29) is 12.1 Å². The molecule has 0 radical (unpaired) electrons. The maximum absolute atomic E-state index is 10.9. The molecule has 0 amide bonds. The molecule has 1 atom stereocenters. The van der Waals surface area contributed by atoms with E-state index in [1.807, 2.05) is 30.3 Å². The van der Waals surface area contributed by atoms with Crippen molar-refractivity contribution in [2.24, 2.45) is 0 Å². The second kappa shape index (κ2) is 12.4. The van der Waals surface area contributed by atoms with Crippen LogP contribution in [-0.2, 0) is 17.4 Å². The van der Waals surface area contributed by atoms with Gasteiger partial charge in [0.25, 0.3) is 0 Å². The number of benzene rings is 3. The third kappa shape index (κ3) is 8.79. The zero-order valence-corrected chi connectivity index (χ0v) is 21.4. The highest BCUT2D eigenvalue weighted by molar-refractivity contribution is 7.51. The molecule has 1 unspecified atom stereocenters. The van der Waals surface area contributed by atoms with E-state index in [2.05, 4.69) is 62.1 Å². The molecule has 0 aliphatic rings. The van der Waals surface area contributed by atoms with Gasteiger partial charge in [-0.1, -0.05) is 72.3 Å². The van der Waals surface area contributed by atoms with Crippen molar-refractivity contribution in [1.29, 1.82) is 0 Å². The lowest BCUT2D eigenvalue weighted by Crippen LogP contribution is -2.02. The van der Waals surface area contributed by atoms with Gasteiger partial charge in [0.15, 0.2) is 0 Å². The van der Waals surface area contributed by atoms with Gasteiger partial charge in [-0.3, -0.25) is 4.57 Å². The molecule has 3 rings (SSSR count). The van der Waals surface area contributed by atoms with Gasteiger partial charge in [0.05, 0.1) is 0 Å². The standard InChI is InChI=1S/C29H32ClO3P/c1-22-10-11-26(19-23(22)2)20-28(27-8-6-9-29(30)21-27)17-16-25-14-12-24(13-15-25)7-4-3-5-18-34(31,32)33/h6,8-15,19,21,28H,3-5,7,18,20H2,1-2H3,(H2,31,32,33). The van der Waals surface area contributed by atoms with Crippen molar-refractivity contribution in [2.75, 3.05) is 6.16 Å². The highest BCUT2D eigenvalue weighted by Gasteiger charge is 2.12. The molecule has 0 aromatic heterocycles. The van der Waals surface area contributed by atoms with Gasteiger partial charge in [-0.05, 0) is 91.6 Å². The van der Waals surface area contributed by atoms with E-state index in [0.717, 1.165) is 41.8 Å². The number of hydrogen-bond donors (Lipinski definition) is 2. The van der Waals surface area contributed by atoms with E-state index in [1.165, 1.54) is 22.3 Å². The van der Waals surface area contributed by atoms with Crippen LogP contribution in [0.2, 0.25) is 5.02 Å². The highest BCUT2D eigenvalue weighted by atomic mass is 35.5. The molecule has 0 saturated heterocycles. The summed E-state index contributed by atoms with van der Waals surface area (Å²) in [6.07, 6.45) is 3.97. The topological polar surface area (TPSA) is 57.5 Å². The Hall–Kier alpha value is -2.34. The van der Waals surface area contributed by atoms with Crippen LogP contribution in [0.1, 0.15) is 58.6 Å². The van der Waals surface area contributed by atoms with Crippen molar-refractivity contribution < 1.29 is 14.4 Å². The fraction of sp³-hybridized carbons (Fsp3) is 0.310. The lowest BCUT2D eigenvalue weighted by Gasteiger charge is -2.13. The summed E-state index contributed by atoms with van der Waals surface area (Å²) in [5.41, 5.74) is 7.13. The fourth-order valence-electron chi connectivity index (χ4n) is 3.89. The molecule has 5 heteroatoms. The van der Waals surface area contributed by atoms with Crippen LogP contribution >= 0.6 is 19.2 Å². The first-order chi connectivity index (χ1) is 16.2. The molecule has 3 aromatic carbocycles. The lowest BCUT2D eigenvalue weighted by atomic mass is 9.91. The van der Waals surface area contributed by atoms with Crippen LogP contribution < -0.4 is 0 Å². The van der Waals surface area contributed by atoms with E-state index in [9.17, 15) is 4.57 Å². The van der Waals surface area contributed by atoms with E-state index in [4.69, 9.17) is 21.4 Å². The first-order valence-electron chi connectivity index (χ1n) is 11.7. The summed E-state index contributed by atoms with van der Waals surface area (Å²) in [7, 11) is -3.88. The third-order valence-corrected chi connectivity index (χ3v) is 7.16. The van der Waals surface area contributed by atoms with Crippen molar-refractivity contribution in [2.45, 2.75) is 51.9 Å². The van der Waals surface area contributed by atoms with E-state index in [1.54, 1.807) is 0 Å². The second-order valence-corrected chi connectivity index (χ2v) is 11.1. The largest absolute Gasteiger partial charge is 0.325 e. The molecule has 2 N–H and O–H groups in total. The van der Waals surface area contributed by atoms with Gasteiger partial charge in [-0.15, -0.1) is 0 Å². The van der Waals surface area contributed by atoms with Crippen molar-refractivity contribution in [3.8, 4) is 11.8 Å². The fourth-order valence-corrected chi connectivity index (χ4v) is 4.72. The van der Waals surface area contributed by atoms with E-state index < -0.39 is 7.60 Å². The Bertz CT molecular complexity index is 1200. The Morgan fingerprint density at radius 1 is 0.882 bits per heavy atom. The smallest absolute Gasteiger partial charge is 0.324 e.